The number of halogens is 1. The van der Waals surface area contributed by atoms with E-state index < -0.39 is 0 Å². The third-order valence-electron chi connectivity index (χ3n) is 2.68. The number of nitrogens with zero attached hydrogens (tertiary/aromatic N) is 2. The quantitative estimate of drug-likeness (QED) is 0.891. The molecule has 1 heterocycles. The normalized spacial score (nSPS) is 12.4. The van der Waals surface area contributed by atoms with Crippen molar-refractivity contribution >= 4 is 0 Å². The number of benzene rings is 1. The molecular formula is C13H14FN3O. The van der Waals surface area contributed by atoms with Crippen LogP contribution in [0.25, 0.3) is 0 Å². The molecule has 2 N–H and O–H groups in total. The third kappa shape index (κ3) is 2.81. The van der Waals surface area contributed by atoms with Crippen LogP contribution in [0.2, 0.25) is 0 Å². The monoisotopic (exact) mass is 247 g/mol. The van der Waals surface area contributed by atoms with Crippen molar-refractivity contribution in [2.24, 2.45) is 5.73 Å². The lowest BCUT2D eigenvalue weighted by Crippen LogP contribution is -2.28. The standard InChI is InChI=1S/C13H14FN3O/c1-9-6-16-13(18)17(7-9)8-12(15)10-2-4-11(14)5-3-10/h2-7,12H,8,15H2,1H3. The molecule has 0 aliphatic heterocycles. The first kappa shape index (κ1) is 12.4. The fraction of sp³-hybridized carbons (Fsp3) is 0.231. The summed E-state index contributed by atoms with van der Waals surface area (Å²) in [4.78, 5) is 15.3. The second-order valence-corrected chi connectivity index (χ2v) is 4.22. The molecule has 0 amide bonds. The summed E-state index contributed by atoms with van der Waals surface area (Å²) in [6.07, 6.45) is 3.22. The van der Waals surface area contributed by atoms with E-state index >= 15 is 0 Å². The average Bonchev–Trinajstić information content (AvgIpc) is 2.34. The summed E-state index contributed by atoms with van der Waals surface area (Å²) in [6, 6.07) is 5.58. The van der Waals surface area contributed by atoms with Gasteiger partial charge < -0.3 is 5.73 Å². The fourth-order valence-corrected chi connectivity index (χ4v) is 1.72. The molecule has 4 nitrogen and oxygen atoms in total. The van der Waals surface area contributed by atoms with E-state index in [-0.39, 0.29) is 17.5 Å². The lowest BCUT2D eigenvalue weighted by atomic mass is 10.1. The summed E-state index contributed by atoms with van der Waals surface area (Å²) in [6.45, 7) is 2.17. The van der Waals surface area contributed by atoms with Crippen LogP contribution >= 0.6 is 0 Å². The van der Waals surface area contributed by atoms with E-state index in [0.717, 1.165) is 11.1 Å². The van der Waals surface area contributed by atoms with E-state index in [0.29, 0.717) is 6.54 Å². The molecule has 94 valence electrons. The van der Waals surface area contributed by atoms with Gasteiger partial charge in [0, 0.05) is 25.0 Å². The highest BCUT2D eigenvalue weighted by Crippen LogP contribution is 2.12. The van der Waals surface area contributed by atoms with Crippen molar-refractivity contribution in [1.82, 2.24) is 9.55 Å². The lowest BCUT2D eigenvalue weighted by Gasteiger charge is -2.13. The van der Waals surface area contributed by atoms with Gasteiger partial charge in [-0.3, -0.25) is 4.57 Å². The average molecular weight is 247 g/mol. The van der Waals surface area contributed by atoms with Crippen molar-refractivity contribution in [1.29, 1.82) is 0 Å². The predicted molar refractivity (Wildman–Crippen MR) is 66.6 cm³/mol. The molecule has 1 unspecified atom stereocenters. The van der Waals surface area contributed by atoms with Crippen LogP contribution in [0.4, 0.5) is 4.39 Å². The molecule has 0 spiro atoms. The third-order valence-corrected chi connectivity index (χ3v) is 2.68. The summed E-state index contributed by atoms with van der Waals surface area (Å²) >= 11 is 0. The van der Waals surface area contributed by atoms with E-state index in [1.54, 1.807) is 18.3 Å². The first-order valence-corrected chi connectivity index (χ1v) is 5.60. The van der Waals surface area contributed by atoms with Gasteiger partial charge in [0.05, 0.1) is 0 Å². The highest BCUT2D eigenvalue weighted by molar-refractivity contribution is 5.19. The fourth-order valence-electron chi connectivity index (χ4n) is 1.72. The second-order valence-electron chi connectivity index (χ2n) is 4.22. The Morgan fingerprint density at radius 1 is 1.39 bits per heavy atom. The van der Waals surface area contributed by atoms with Crippen molar-refractivity contribution in [3.8, 4) is 0 Å². The molecule has 2 rings (SSSR count). The van der Waals surface area contributed by atoms with Crippen molar-refractivity contribution < 1.29 is 4.39 Å². The molecule has 0 aliphatic rings. The molecule has 5 heteroatoms. The van der Waals surface area contributed by atoms with Gasteiger partial charge in [0.1, 0.15) is 5.82 Å². The minimum absolute atomic E-state index is 0.305. The van der Waals surface area contributed by atoms with Crippen LogP contribution in [0.15, 0.2) is 41.5 Å². The Morgan fingerprint density at radius 3 is 2.72 bits per heavy atom. The molecule has 0 radical (unpaired) electrons. The van der Waals surface area contributed by atoms with Crippen LogP contribution in [0.1, 0.15) is 17.2 Å². The summed E-state index contributed by atoms with van der Waals surface area (Å²) < 4.78 is 14.2. The van der Waals surface area contributed by atoms with E-state index in [2.05, 4.69) is 4.98 Å². The summed E-state index contributed by atoms with van der Waals surface area (Å²) in [7, 11) is 0. The van der Waals surface area contributed by atoms with Gasteiger partial charge in [-0.25, -0.2) is 14.2 Å². The van der Waals surface area contributed by atoms with Gasteiger partial charge in [-0.15, -0.1) is 0 Å². The van der Waals surface area contributed by atoms with E-state index in [1.165, 1.54) is 22.9 Å². The zero-order chi connectivity index (χ0) is 13.1. The van der Waals surface area contributed by atoms with Gasteiger partial charge in [-0.05, 0) is 30.2 Å². The zero-order valence-corrected chi connectivity index (χ0v) is 10.0. The summed E-state index contributed by atoms with van der Waals surface area (Å²) in [5, 5.41) is 0. The number of hydrogen-bond donors (Lipinski definition) is 1. The molecule has 2 aromatic rings. The Labute approximate surface area is 104 Å². The Morgan fingerprint density at radius 2 is 2.06 bits per heavy atom. The van der Waals surface area contributed by atoms with Crippen LogP contribution < -0.4 is 11.4 Å². The Bertz CT molecular complexity index is 592. The van der Waals surface area contributed by atoms with Gasteiger partial charge >= 0.3 is 5.69 Å². The zero-order valence-electron chi connectivity index (χ0n) is 10.0. The van der Waals surface area contributed by atoms with Crippen LogP contribution in [-0.2, 0) is 6.54 Å². The molecule has 1 aromatic heterocycles. The molecule has 1 atom stereocenters. The van der Waals surface area contributed by atoms with Crippen LogP contribution in [0.5, 0.6) is 0 Å². The van der Waals surface area contributed by atoms with E-state index in [1.807, 2.05) is 6.92 Å². The van der Waals surface area contributed by atoms with E-state index in [9.17, 15) is 9.18 Å². The maximum atomic E-state index is 12.8. The largest absolute Gasteiger partial charge is 0.347 e. The van der Waals surface area contributed by atoms with Gasteiger partial charge in [0.25, 0.3) is 0 Å². The predicted octanol–water partition coefficient (Wildman–Crippen LogP) is 1.39. The SMILES string of the molecule is Cc1cnc(=O)n(CC(N)c2ccc(F)cc2)c1. The number of rotatable bonds is 3. The van der Waals surface area contributed by atoms with Crippen LogP contribution in [-0.4, -0.2) is 9.55 Å². The maximum Gasteiger partial charge on any atom is 0.347 e. The van der Waals surface area contributed by atoms with Crippen molar-refractivity contribution in [2.45, 2.75) is 19.5 Å². The topological polar surface area (TPSA) is 60.9 Å². The summed E-state index contributed by atoms with van der Waals surface area (Å²) in [5.74, 6) is -0.305. The first-order chi connectivity index (χ1) is 8.56. The van der Waals surface area contributed by atoms with Gasteiger partial charge in [0.2, 0.25) is 0 Å². The van der Waals surface area contributed by atoms with Gasteiger partial charge in [-0.1, -0.05) is 12.1 Å². The van der Waals surface area contributed by atoms with Crippen LogP contribution in [0, 0.1) is 12.7 Å². The molecule has 0 fully saturated rings. The van der Waals surface area contributed by atoms with Gasteiger partial charge in [-0.2, -0.15) is 0 Å². The summed E-state index contributed by atoms with van der Waals surface area (Å²) in [5.41, 5.74) is 7.32. The van der Waals surface area contributed by atoms with Crippen molar-refractivity contribution in [3.63, 3.8) is 0 Å². The highest BCUT2D eigenvalue weighted by atomic mass is 19.1. The lowest BCUT2D eigenvalue weighted by molar-refractivity contribution is 0.547. The first-order valence-electron chi connectivity index (χ1n) is 5.60. The smallest absolute Gasteiger partial charge is 0.322 e. The van der Waals surface area contributed by atoms with Crippen molar-refractivity contribution in [2.75, 3.05) is 0 Å². The number of aromatic nitrogens is 2. The highest BCUT2D eigenvalue weighted by Gasteiger charge is 2.08. The number of hydrogen-bond acceptors (Lipinski definition) is 3. The minimum atomic E-state index is -0.369. The second kappa shape index (κ2) is 5.10. The Kier molecular flexibility index (Phi) is 3.53. The van der Waals surface area contributed by atoms with E-state index in [4.69, 9.17) is 5.73 Å². The number of aryl methyl sites for hydroxylation is 1. The maximum absolute atomic E-state index is 12.8. The Balaban J connectivity index is 2.21. The molecule has 0 bridgehead atoms. The molecule has 0 aliphatic carbocycles. The minimum Gasteiger partial charge on any atom is -0.322 e. The number of nitrogens with two attached hydrogens (primary N) is 1. The molecular weight excluding hydrogens is 233 g/mol. The Hall–Kier alpha value is -2.01. The van der Waals surface area contributed by atoms with Gasteiger partial charge in [0.15, 0.2) is 0 Å². The van der Waals surface area contributed by atoms with Crippen LogP contribution in [0.3, 0.4) is 0 Å². The van der Waals surface area contributed by atoms with Crippen molar-refractivity contribution in [3.05, 3.63) is 64.1 Å². The molecule has 0 saturated heterocycles. The molecule has 18 heavy (non-hydrogen) atoms. The molecule has 0 saturated carbocycles. The molecule has 1 aromatic carbocycles.